The molecule has 0 spiro atoms. The van der Waals surface area contributed by atoms with Gasteiger partial charge in [0, 0.05) is 16.5 Å². The number of hydrogen-bond donors (Lipinski definition) is 1. The lowest BCUT2D eigenvalue weighted by molar-refractivity contribution is -0.116. The molecule has 2 nitrogen and oxygen atoms in total. The van der Waals surface area contributed by atoms with Crippen molar-refractivity contribution in [2.45, 2.75) is 13.3 Å². The number of phenolic OH excluding ortho intramolecular Hbond substituents is 1. The fraction of sp³-hybridized carbons (Fsp3) is 0.222. The first-order valence-corrected chi connectivity index (χ1v) is 4.35. The summed E-state index contributed by atoms with van der Waals surface area (Å²) in [6.07, 6.45) is 0.291. The standard InChI is InChI=1S/C9H9BrO2/c1-6(11)4-7-2-3-8(10)5-9(7)12/h2-3,5,12H,4H2,1H3. The van der Waals surface area contributed by atoms with Crippen LogP contribution in [0.25, 0.3) is 0 Å². The van der Waals surface area contributed by atoms with Crippen molar-refractivity contribution >= 4 is 21.7 Å². The number of phenols is 1. The molecule has 1 aromatic carbocycles. The molecular formula is C9H9BrO2. The minimum absolute atomic E-state index is 0.0487. The average molecular weight is 229 g/mol. The molecule has 0 fully saturated rings. The lowest BCUT2D eigenvalue weighted by atomic mass is 10.1. The summed E-state index contributed by atoms with van der Waals surface area (Å²) in [5.74, 6) is 0.215. The van der Waals surface area contributed by atoms with Crippen LogP contribution in [-0.2, 0) is 11.2 Å². The van der Waals surface area contributed by atoms with E-state index in [0.29, 0.717) is 12.0 Å². The molecule has 0 aliphatic heterocycles. The number of rotatable bonds is 2. The van der Waals surface area contributed by atoms with Crippen LogP contribution in [0.4, 0.5) is 0 Å². The van der Waals surface area contributed by atoms with E-state index in [1.54, 1.807) is 18.2 Å². The third-order valence-electron chi connectivity index (χ3n) is 1.49. The molecule has 1 N–H and O–H groups in total. The summed E-state index contributed by atoms with van der Waals surface area (Å²) >= 11 is 3.22. The highest BCUT2D eigenvalue weighted by Gasteiger charge is 2.03. The van der Waals surface area contributed by atoms with Crippen LogP contribution < -0.4 is 0 Å². The molecule has 3 heteroatoms. The van der Waals surface area contributed by atoms with Gasteiger partial charge in [0.2, 0.25) is 0 Å². The quantitative estimate of drug-likeness (QED) is 0.844. The van der Waals surface area contributed by atoms with Gasteiger partial charge in [-0.15, -0.1) is 0 Å². The van der Waals surface area contributed by atoms with E-state index in [1.165, 1.54) is 6.92 Å². The van der Waals surface area contributed by atoms with Crippen molar-refractivity contribution in [2.24, 2.45) is 0 Å². The lowest BCUT2D eigenvalue weighted by Crippen LogP contribution is -1.96. The first kappa shape index (κ1) is 9.26. The number of carbonyl (C=O) groups excluding carboxylic acids is 1. The van der Waals surface area contributed by atoms with E-state index in [-0.39, 0.29) is 11.5 Å². The topological polar surface area (TPSA) is 37.3 Å². The number of Topliss-reactive ketones (excluding diaryl/α,β-unsaturated/α-hetero) is 1. The van der Waals surface area contributed by atoms with E-state index in [9.17, 15) is 9.90 Å². The molecule has 0 aromatic heterocycles. The molecule has 0 bridgehead atoms. The molecule has 0 heterocycles. The van der Waals surface area contributed by atoms with Gasteiger partial charge in [0.15, 0.2) is 0 Å². The minimum atomic E-state index is 0.0487. The van der Waals surface area contributed by atoms with E-state index in [1.807, 2.05) is 0 Å². The monoisotopic (exact) mass is 228 g/mol. The second-order valence-electron chi connectivity index (χ2n) is 2.65. The Bertz CT molecular complexity index is 307. The van der Waals surface area contributed by atoms with Gasteiger partial charge in [0.05, 0.1) is 0 Å². The van der Waals surface area contributed by atoms with Crippen LogP contribution in [0.2, 0.25) is 0 Å². The number of ketones is 1. The molecule has 1 aromatic rings. The summed E-state index contributed by atoms with van der Waals surface area (Å²) in [7, 11) is 0. The van der Waals surface area contributed by atoms with Crippen molar-refractivity contribution in [1.82, 2.24) is 0 Å². The van der Waals surface area contributed by atoms with Crippen molar-refractivity contribution in [1.29, 1.82) is 0 Å². The van der Waals surface area contributed by atoms with E-state index in [2.05, 4.69) is 15.9 Å². The maximum Gasteiger partial charge on any atom is 0.134 e. The molecule has 0 amide bonds. The van der Waals surface area contributed by atoms with Crippen LogP contribution in [-0.4, -0.2) is 10.9 Å². The Hall–Kier alpha value is -0.830. The highest BCUT2D eigenvalue weighted by Crippen LogP contribution is 2.22. The molecule has 0 radical (unpaired) electrons. The molecule has 0 atom stereocenters. The lowest BCUT2D eigenvalue weighted by Gasteiger charge is -2.01. The van der Waals surface area contributed by atoms with Crippen molar-refractivity contribution in [2.75, 3.05) is 0 Å². The highest BCUT2D eigenvalue weighted by atomic mass is 79.9. The molecular weight excluding hydrogens is 220 g/mol. The predicted octanol–water partition coefficient (Wildman–Crippen LogP) is 2.29. The molecule has 0 saturated carbocycles. The zero-order valence-corrected chi connectivity index (χ0v) is 8.26. The Kier molecular flexibility index (Phi) is 2.87. The van der Waals surface area contributed by atoms with Crippen molar-refractivity contribution in [3.05, 3.63) is 28.2 Å². The van der Waals surface area contributed by atoms with Crippen molar-refractivity contribution in [3.8, 4) is 5.75 Å². The Morgan fingerprint density at radius 1 is 1.58 bits per heavy atom. The Labute approximate surface area is 79.3 Å². The number of halogens is 1. The Morgan fingerprint density at radius 2 is 2.25 bits per heavy atom. The number of hydrogen-bond acceptors (Lipinski definition) is 2. The van der Waals surface area contributed by atoms with Gasteiger partial charge in [-0.2, -0.15) is 0 Å². The summed E-state index contributed by atoms with van der Waals surface area (Å²) in [6.45, 7) is 1.50. The Balaban J connectivity index is 2.93. The van der Waals surface area contributed by atoms with Crippen LogP contribution in [0.5, 0.6) is 5.75 Å². The largest absolute Gasteiger partial charge is 0.508 e. The van der Waals surface area contributed by atoms with Crippen LogP contribution in [0.3, 0.4) is 0 Å². The molecule has 0 aliphatic carbocycles. The fourth-order valence-corrected chi connectivity index (χ4v) is 1.30. The molecule has 0 unspecified atom stereocenters. The van der Waals surface area contributed by atoms with Gasteiger partial charge in [-0.1, -0.05) is 22.0 Å². The second-order valence-corrected chi connectivity index (χ2v) is 3.57. The molecule has 12 heavy (non-hydrogen) atoms. The fourth-order valence-electron chi connectivity index (χ4n) is 0.955. The highest BCUT2D eigenvalue weighted by molar-refractivity contribution is 9.10. The van der Waals surface area contributed by atoms with E-state index in [0.717, 1.165) is 4.47 Å². The van der Waals surface area contributed by atoms with Crippen molar-refractivity contribution in [3.63, 3.8) is 0 Å². The van der Waals surface area contributed by atoms with Gasteiger partial charge in [-0.05, 0) is 19.1 Å². The summed E-state index contributed by atoms with van der Waals surface area (Å²) in [5, 5.41) is 9.36. The third-order valence-corrected chi connectivity index (χ3v) is 1.98. The van der Waals surface area contributed by atoms with Gasteiger partial charge < -0.3 is 5.11 Å². The van der Waals surface area contributed by atoms with Crippen LogP contribution in [0.15, 0.2) is 22.7 Å². The normalized spacial score (nSPS) is 9.83. The SMILES string of the molecule is CC(=O)Cc1ccc(Br)cc1O. The first-order valence-electron chi connectivity index (χ1n) is 3.56. The summed E-state index contributed by atoms with van der Waals surface area (Å²) in [6, 6.07) is 5.12. The second kappa shape index (κ2) is 3.72. The van der Waals surface area contributed by atoms with Gasteiger partial charge in [0.1, 0.15) is 11.5 Å². The summed E-state index contributed by atoms with van der Waals surface area (Å²) < 4.78 is 0.812. The summed E-state index contributed by atoms with van der Waals surface area (Å²) in [5.41, 5.74) is 0.672. The smallest absolute Gasteiger partial charge is 0.134 e. The van der Waals surface area contributed by atoms with Crippen LogP contribution in [0.1, 0.15) is 12.5 Å². The molecule has 0 saturated heterocycles. The number of carbonyl (C=O) groups is 1. The van der Waals surface area contributed by atoms with Crippen LogP contribution >= 0.6 is 15.9 Å². The average Bonchev–Trinajstić information content (AvgIpc) is 1.94. The van der Waals surface area contributed by atoms with Gasteiger partial charge in [-0.3, -0.25) is 4.79 Å². The number of benzene rings is 1. The molecule has 0 aliphatic rings. The molecule has 64 valence electrons. The zero-order valence-electron chi connectivity index (χ0n) is 6.67. The maximum absolute atomic E-state index is 10.7. The Morgan fingerprint density at radius 3 is 2.75 bits per heavy atom. The van der Waals surface area contributed by atoms with Gasteiger partial charge in [0.25, 0.3) is 0 Å². The third kappa shape index (κ3) is 2.34. The van der Waals surface area contributed by atoms with Crippen molar-refractivity contribution < 1.29 is 9.90 Å². The maximum atomic E-state index is 10.7. The van der Waals surface area contributed by atoms with E-state index >= 15 is 0 Å². The predicted molar refractivity (Wildman–Crippen MR) is 50.2 cm³/mol. The van der Waals surface area contributed by atoms with Gasteiger partial charge >= 0.3 is 0 Å². The zero-order chi connectivity index (χ0) is 9.14. The van der Waals surface area contributed by atoms with Crippen LogP contribution in [0, 0.1) is 0 Å². The first-order chi connectivity index (χ1) is 5.59. The summed E-state index contributed by atoms with van der Waals surface area (Å²) in [4.78, 5) is 10.7. The molecule has 1 rings (SSSR count). The minimum Gasteiger partial charge on any atom is -0.508 e. The van der Waals surface area contributed by atoms with E-state index in [4.69, 9.17) is 0 Å². The van der Waals surface area contributed by atoms with E-state index < -0.39 is 0 Å². The number of aromatic hydroxyl groups is 1. The van der Waals surface area contributed by atoms with Gasteiger partial charge in [-0.25, -0.2) is 0 Å².